The maximum atomic E-state index is 5.92. The van der Waals surface area contributed by atoms with Crippen LogP contribution in [0.1, 0.15) is 52.0 Å². The highest BCUT2D eigenvalue weighted by Gasteiger charge is 2.31. The summed E-state index contributed by atoms with van der Waals surface area (Å²) in [5.74, 6) is 1.81. The van der Waals surface area contributed by atoms with E-state index in [9.17, 15) is 0 Å². The Morgan fingerprint density at radius 1 is 1.19 bits per heavy atom. The maximum Gasteiger partial charge on any atom is 0.191 e. The molecule has 5 heteroatoms. The SMILES string of the molecule is CN=C(NCCOc1cccc(C(C)(C)C)c1)NC1CCN(C2CC2)CC1. The largest absolute Gasteiger partial charge is 0.492 e. The number of nitrogens with zero attached hydrogens (tertiary/aromatic N) is 2. The maximum absolute atomic E-state index is 5.92. The van der Waals surface area contributed by atoms with Crippen molar-refractivity contribution in [3.05, 3.63) is 29.8 Å². The van der Waals surface area contributed by atoms with Gasteiger partial charge in [-0.3, -0.25) is 4.99 Å². The van der Waals surface area contributed by atoms with Crippen LogP contribution in [0.3, 0.4) is 0 Å². The molecule has 2 fully saturated rings. The van der Waals surface area contributed by atoms with Crippen molar-refractivity contribution in [2.45, 2.75) is 64.0 Å². The number of nitrogens with one attached hydrogen (secondary N) is 2. The average molecular weight is 373 g/mol. The molecule has 0 aromatic heterocycles. The van der Waals surface area contributed by atoms with E-state index in [1.165, 1.54) is 44.3 Å². The van der Waals surface area contributed by atoms with E-state index in [0.717, 1.165) is 24.3 Å². The second-order valence-electron chi connectivity index (χ2n) is 8.81. The van der Waals surface area contributed by atoms with Gasteiger partial charge >= 0.3 is 0 Å². The summed E-state index contributed by atoms with van der Waals surface area (Å²) in [7, 11) is 1.84. The van der Waals surface area contributed by atoms with E-state index in [0.29, 0.717) is 12.6 Å². The highest BCUT2D eigenvalue weighted by atomic mass is 16.5. The fraction of sp³-hybridized carbons (Fsp3) is 0.682. The van der Waals surface area contributed by atoms with E-state index >= 15 is 0 Å². The Morgan fingerprint density at radius 2 is 1.93 bits per heavy atom. The molecule has 150 valence electrons. The predicted molar refractivity (Wildman–Crippen MR) is 113 cm³/mol. The quantitative estimate of drug-likeness (QED) is 0.458. The van der Waals surface area contributed by atoms with Crippen LogP contribution in [0.2, 0.25) is 0 Å². The van der Waals surface area contributed by atoms with Crippen LogP contribution in [-0.4, -0.2) is 56.2 Å². The molecule has 3 rings (SSSR count). The third-order valence-electron chi connectivity index (χ3n) is 5.52. The molecule has 0 atom stereocenters. The summed E-state index contributed by atoms with van der Waals surface area (Å²) < 4.78 is 5.92. The average Bonchev–Trinajstić information content (AvgIpc) is 3.49. The number of aliphatic imine (C=N–C) groups is 1. The Morgan fingerprint density at radius 3 is 2.56 bits per heavy atom. The van der Waals surface area contributed by atoms with E-state index in [1.54, 1.807) is 0 Å². The first-order valence-electron chi connectivity index (χ1n) is 10.4. The van der Waals surface area contributed by atoms with Crippen LogP contribution in [0, 0.1) is 0 Å². The summed E-state index contributed by atoms with van der Waals surface area (Å²) >= 11 is 0. The molecule has 27 heavy (non-hydrogen) atoms. The van der Waals surface area contributed by atoms with E-state index in [1.807, 2.05) is 13.1 Å². The van der Waals surface area contributed by atoms with Gasteiger partial charge in [-0.15, -0.1) is 0 Å². The lowest BCUT2D eigenvalue weighted by Crippen LogP contribution is -2.49. The van der Waals surface area contributed by atoms with Crippen LogP contribution in [0.5, 0.6) is 5.75 Å². The van der Waals surface area contributed by atoms with Crippen LogP contribution in [0.25, 0.3) is 0 Å². The summed E-state index contributed by atoms with van der Waals surface area (Å²) in [5, 5.41) is 6.95. The molecular weight excluding hydrogens is 336 g/mol. The first-order valence-corrected chi connectivity index (χ1v) is 10.4. The van der Waals surface area contributed by atoms with Gasteiger partial charge in [0.2, 0.25) is 0 Å². The van der Waals surface area contributed by atoms with E-state index in [-0.39, 0.29) is 5.41 Å². The van der Waals surface area contributed by atoms with Crippen LogP contribution in [0.4, 0.5) is 0 Å². The Bertz CT molecular complexity index is 625. The summed E-state index contributed by atoms with van der Waals surface area (Å²) in [5.41, 5.74) is 1.43. The van der Waals surface area contributed by atoms with Gasteiger partial charge in [0.15, 0.2) is 5.96 Å². The highest BCUT2D eigenvalue weighted by molar-refractivity contribution is 5.79. The third kappa shape index (κ3) is 6.13. The first kappa shape index (κ1) is 20.0. The second-order valence-corrected chi connectivity index (χ2v) is 8.81. The van der Waals surface area contributed by atoms with E-state index in [4.69, 9.17) is 4.74 Å². The summed E-state index contributed by atoms with van der Waals surface area (Å²) in [4.78, 5) is 7.01. The number of benzene rings is 1. The van der Waals surface area contributed by atoms with Gasteiger partial charge in [-0.1, -0.05) is 32.9 Å². The fourth-order valence-corrected chi connectivity index (χ4v) is 3.63. The number of ether oxygens (including phenoxy) is 1. The molecule has 1 saturated heterocycles. The van der Waals surface area contributed by atoms with Crippen molar-refractivity contribution in [2.75, 3.05) is 33.3 Å². The number of guanidine groups is 1. The fourth-order valence-electron chi connectivity index (χ4n) is 3.63. The number of rotatable bonds is 6. The molecule has 0 amide bonds. The van der Waals surface area contributed by atoms with Crippen LogP contribution < -0.4 is 15.4 Å². The standard InChI is InChI=1S/C22H36N4O/c1-22(2,3)17-6-5-7-20(16-17)27-15-12-24-21(23-4)25-18-10-13-26(14-11-18)19-8-9-19/h5-7,16,18-19H,8-15H2,1-4H3,(H2,23,24,25). The van der Waals surface area contributed by atoms with Crippen LogP contribution in [-0.2, 0) is 5.41 Å². The molecule has 2 aliphatic rings. The molecule has 0 radical (unpaired) electrons. The Kier molecular flexibility index (Phi) is 6.64. The van der Waals surface area contributed by atoms with Crippen molar-refractivity contribution in [1.29, 1.82) is 0 Å². The minimum Gasteiger partial charge on any atom is -0.492 e. The molecule has 0 unspecified atom stereocenters. The lowest BCUT2D eigenvalue weighted by molar-refractivity contribution is 0.197. The van der Waals surface area contributed by atoms with Crippen molar-refractivity contribution < 1.29 is 4.74 Å². The molecule has 0 spiro atoms. The van der Waals surface area contributed by atoms with E-state index in [2.05, 4.69) is 59.5 Å². The molecule has 1 aliphatic carbocycles. The Hall–Kier alpha value is -1.75. The number of hydrogen-bond donors (Lipinski definition) is 2. The minimum atomic E-state index is 0.138. The molecule has 1 aliphatic heterocycles. The Balaban J connectivity index is 1.36. The van der Waals surface area contributed by atoms with Gasteiger partial charge in [-0.25, -0.2) is 0 Å². The number of likely N-dealkylation sites (tertiary alicyclic amines) is 1. The molecule has 2 N–H and O–H groups in total. The van der Waals surface area contributed by atoms with Gasteiger partial charge in [-0.2, -0.15) is 0 Å². The van der Waals surface area contributed by atoms with Crippen molar-refractivity contribution in [1.82, 2.24) is 15.5 Å². The van der Waals surface area contributed by atoms with Gasteiger partial charge in [0.1, 0.15) is 12.4 Å². The van der Waals surface area contributed by atoms with Gasteiger partial charge in [0, 0.05) is 32.2 Å². The number of hydrogen-bond acceptors (Lipinski definition) is 3. The second kappa shape index (κ2) is 8.96. The summed E-state index contributed by atoms with van der Waals surface area (Å²) in [6, 6.07) is 9.80. The van der Waals surface area contributed by atoms with Crippen molar-refractivity contribution in [3.8, 4) is 5.75 Å². The predicted octanol–water partition coefficient (Wildman–Crippen LogP) is 3.15. The van der Waals surface area contributed by atoms with Gasteiger partial charge < -0.3 is 20.3 Å². The van der Waals surface area contributed by atoms with Crippen LogP contribution in [0.15, 0.2) is 29.3 Å². The lowest BCUT2D eigenvalue weighted by Gasteiger charge is -2.33. The molecule has 5 nitrogen and oxygen atoms in total. The normalized spacial score (nSPS) is 19.8. The zero-order chi connectivity index (χ0) is 19.3. The van der Waals surface area contributed by atoms with Crippen LogP contribution >= 0.6 is 0 Å². The Labute approximate surface area is 164 Å². The van der Waals surface area contributed by atoms with Gasteiger partial charge in [0.25, 0.3) is 0 Å². The lowest BCUT2D eigenvalue weighted by atomic mass is 9.87. The first-order chi connectivity index (χ1) is 13.0. The zero-order valence-electron chi connectivity index (χ0n) is 17.4. The minimum absolute atomic E-state index is 0.138. The van der Waals surface area contributed by atoms with Crippen molar-refractivity contribution >= 4 is 5.96 Å². The number of piperidine rings is 1. The monoisotopic (exact) mass is 372 g/mol. The topological polar surface area (TPSA) is 48.9 Å². The van der Waals surface area contributed by atoms with Gasteiger partial charge in [-0.05, 0) is 48.8 Å². The van der Waals surface area contributed by atoms with E-state index < -0.39 is 0 Å². The molecule has 1 aromatic carbocycles. The molecule has 1 saturated carbocycles. The van der Waals surface area contributed by atoms with Crippen molar-refractivity contribution in [3.63, 3.8) is 0 Å². The third-order valence-corrected chi connectivity index (χ3v) is 5.52. The van der Waals surface area contributed by atoms with Crippen molar-refractivity contribution in [2.24, 2.45) is 4.99 Å². The van der Waals surface area contributed by atoms with Gasteiger partial charge in [0.05, 0.1) is 6.54 Å². The summed E-state index contributed by atoms with van der Waals surface area (Å²) in [6.45, 7) is 10.4. The molecular formula is C22H36N4O. The zero-order valence-corrected chi connectivity index (χ0v) is 17.4. The smallest absolute Gasteiger partial charge is 0.191 e. The molecule has 0 bridgehead atoms. The summed E-state index contributed by atoms with van der Waals surface area (Å²) in [6.07, 6.45) is 5.21. The molecule has 1 aromatic rings. The highest BCUT2D eigenvalue weighted by Crippen LogP contribution is 2.29. The molecule has 1 heterocycles.